The molecule has 0 bridgehead atoms. The second-order valence-corrected chi connectivity index (χ2v) is 6.51. The van der Waals surface area contributed by atoms with Crippen molar-refractivity contribution in [2.45, 2.75) is 46.3 Å². The van der Waals surface area contributed by atoms with Crippen LogP contribution in [-0.4, -0.2) is 24.0 Å². The maximum atomic E-state index is 12.3. The molecule has 2 aromatic rings. The minimum Gasteiger partial charge on any atom is -0.491 e. The van der Waals surface area contributed by atoms with Gasteiger partial charge in [0.2, 0.25) is 0 Å². The number of hydrogen-bond donors (Lipinski definition) is 2. The largest absolute Gasteiger partial charge is 0.491 e. The van der Waals surface area contributed by atoms with Gasteiger partial charge in [0, 0.05) is 22.9 Å². The van der Waals surface area contributed by atoms with Gasteiger partial charge in [0.05, 0.1) is 6.10 Å². The van der Waals surface area contributed by atoms with Crippen molar-refractivity contribution in [2.24, 2.45) is 0 Å². The van der Waals surface area contributed by atoms with Crippen molar-refractivity contribution in [1.82, 2.24) is 5.32 Å². The SMILES string of the molecule is CCC(C)NC(=O)c1ccc(NC(=O)c2ccc(OC(C)C)cc2)cc1. The smallest absolute Gasteiger partial charge is 0.255 e. The molecule has 0 aliphatic rings. The molecule has 2 rings (SSSR count). The summed E-state index contributed by atoms with van der Waals surface area (Å²) in [6.07, 6.45) is 0.964. The Hall–Kier alpha value is -2.82. The molecule has 0 saturated carbocycles. The van der Waals surface area contributed by atoms with Crippen molar-refractivity contribution >= 4 is 17.5 Å². The number of anilines is 1. The Bertz CT molecular complexity index is 737. The highest BCUT2D eigenvalue weighted by Crippen LogP contribution is 2.16. The van der Waals surface area contributed by atoms with Gasteiger partial charge in [-0.2, -0.15) is 0 Å². The lowest BCUT2D eigenvalue weighted by molar-refractivity contribution is 0.0938. The van der Waals surface area contributed by atoms with E-state index in [9.17, 15) is 9.59 Å². The summed E-state index contributed by atoms with van der Waals surface area (Å²) in [7, 11) is 0. The van der Waals surface area contributed by atoms with Crippen LogP contribution in [0.4, 0.5) is 5.69 Å². The Morgan fingerprint density at radius 2 is 1.42 bits per heavy atom. The minimum atomic E-state index is -0.210. The molecule has 2 aromatic carbocycles. The van der Waals surface area contributed by atoms with E-state index in [0.717, 1.165) is 12.2 Å². The van der Waals surface area contributed by atoms with Crippen LogP contribution < -0.4 is 15.4 Å². The highest BCUT2D eigenvalue weighted by molar-refractivity contribution is 6.04. The Labute approximate surface area is 154 Å². The van der Waals surface area contributed by atoms with Gasteiger partial charge in [0.1, 0.15) is 5.75 Å². The second kappa shape index (κ2) is 9.04. The van der Waals surface area contributed by atoms with Crippen LogP contribution in [0.1, 0.15) is 54.8 Å². The summed E-state index contributed by atoms with van der Waals surface area (Å²) in [5.41, 5.74) is 1.75. The molecule has 0 heterocycles. The Morgan fingerprint density at radius 3 is 1.96 bits per heavy atom. The predicted octanol–water partition coefficient (Wildman–Crippen LogP) is 4.25. The number of hydrogen-bond acceptors (Lipinski definition) is 3. The number of ether oxygens (including phenoxy) is 1. The lowest BCUT2D eigenvalue weighted by Crippen LogP contribution is -2.31. The first-order chi connectivity index (χ1) is 12.4. The normalized spacial score (nSPS) is 11.7. The molecule has 0 aliphatic heterocycles. The lowest BCUT2D eigenvalue weighted by Gasteiger charge is -2.12. The number of benzene rings is 2. The monoisotopic (exact) mass is 354 g/mol. The summed E-state index contributed by atoms with van der Waals surface area (Å²) < 4.78 is 5.57. The molecule has 0 spiro atoms. The molecule has 5 nitrogen and oxygen atoms in total. The topological polar surface area (TPSA) is 67.4 Å². The summed E-state index contributed by atoms with van der Waals surface area (Å²) in [4.78, 5) is 24.4. The fourth-order valence-corrected chi connectivity index (χ4v) is 2.27. The van der Waals surface area contributed by atoms with Gasteiger partial charge in [0.15, 0.2) is 0 Å². The van der Waals surface area contributed by atoms with E-state index in [1.54, 1.807) is 48.5 Å². The Morgan fingerprint density at radius 1 is 0.885 bits per heavy atom. The van der Waals surface area contributed by atoms with Crippen molar-refractivity contribution in [3.05, 3.63) is 59.7 Å². The molecule has 0 aliphatic carbocycles. The average molecular weight is 354 g/mol. The molecule has 26 heavy (non-hydrogen) atoms. The van der Waals surface area contributed by atoms with Gasteiger partial charge in [-0.05, 0) is 75.7 Å². The summed E-state index contributed by atoms with van der Waals surface area (Å²) in [5, 5.41) is 5.74. The van der Waals surface area contributed by atoms with E-state index < -0.39 is 0 Å². The van der Waals surface area contributed by atoms with E-state index in [1.807, 2.05) is 27.7 Å². The second-order valence-electron chi connectivity index (χ2n) is 6.51. The van der Waals surface area contributed by atoms with Gasteiger partial charge in [0.25, 0.3) is 11.8 Å². The van der Waals surface area contributed by atoms with E-state index in [1.165, 1.54) is 0 Å². The van der Waals surface area contributed by atoms with Crippen molar-refractivity contribution in [3.8, 4) is 5.75 Å². The third-order valence-corrected chi connectivity index (χ3v) is 3.88. The standard InChI is InChI=1S/C21H26N2O3/c1-5-15(4)22-20(24)16-6-10-18(11-7-16)23-21(25)17-8-12-19(13-9-17)26-14(2)3/h6-15H,5H2,1-4H3,(H,22,24)(H,23,25). The van der Waals surface area contributed by atoms with Gasteiger partial charge in [-0.25, -0.2) is 0 Å². The van der Waals surface area contributed by atoms with Crippen LogP contribution in [0.25, 0.3) is 0 Å². The fraction of sp³-hybridized carbons (Fsp3) is 0.333. The van der Waals surface area contributed by atoms with Gasteiger partial charge in [-0.1, -0.05) is 6.92 Å². The molecular formula is C21H26N2O3. The van der Waals surface area contributed by atoms with Crippen LogP contribution in [-0.2, 0) is 0 Å². The van der Waals surface area contributed by atoms with E-state index in [2.05, 4.69) is 10.6 Å². The van der Waals surface area contributed by atoms with Crippen LogP contribution in [0.15, 0.2) is 48.5 Å². The number of carbonyl (C=O) groups excluding carboxylic acids is 2. The van der Waals surface area contributed by atoms with Crippen molar-refractivity contribution in [1.29, 1.82) is 0 Å². The van der Waals surface area contributed by atoms with E-state index in [4.69, 9.17) is 4.74 Å². The summed E-state index contributed by atoms with van der Waals surface area (Å²) in [6, 6.07) is 14.0. The molecule has 2 N–H and O–H groups in total. The number of rotatable bonds is 7. The van der Waals surface area contributed by atoms with Crippen molar-refractivity contribution < 1.29 is 14.3 Å². The maximum Gasteiger partial charge on any atom is 0.255 e. The predicted molar refractivity (Wildman–Crippen MR) is 104 cm³/mol. The first-order valence-electron chi connectivity index (χ1n) is 8.88. The quantitative estimate of drug-likeness (QED) is 0.781. The fourth-order valence-electron chi connectivity index (χ4n) is 2.27. The minimum absolute atomic E-state index is 0.0886. The third kappa shape index (κ3) is 5.62. The highest BCUT2D eigenvalue weighted by Gasteiger charge is 2.10. The van der Waals surface area contributed by atoms with Crippen LogP contribution >= 0.6 is 0 Å². The number of carbonyl (C=O) groups is 2. The maximum absolute atomic E-state index is 12.3. The number of nitrogens with one attached hydrogen (secondary N) is 2. The van der Waals surface area contributed by atoms with E-state index >= 15 is 0 Å². The molecule has 1 atom stereocenters. The first kappa shape index (κ1) is 19.5. The highest BCUT2D eigenvalue weighted by atomic mass is 16.5. The zero-order valence-electron chi connectivity index (χ0n) is 15.7. The summed E-state index contributed by atoms with van der Waals surface area (Å²) in [6.45, 7) is 7.88. The molecule has 0 saturated heterocycles. The number of amides is 2. The van der Waals surface area contributed by atoms with Gasteiger partial charge >= 0.3 is 0 Å². The molecule has 5 heteroatoms. The zero-order chi connectivity index (χ0) is 19.1. The molecule has 0 fully saturated rings. The van der Waals surface area contributed by atoms with Crippen LogP contribution in [0, 0.1) is 0 Å². The van der Waals surface area contributed by atoms with Crippen molar-refractivity contribution in [3.63, 3.8) is 0 Å². The first-order valence-corrected chi connectivity index (χ1v) is 8.88. The van der Waals surface area contributed by atoms with Crippen LogP contribution in [0.2, 0.25) is 0 Å². The van der Waals surface area contributed by atoms with E-state index in [0.29, 0.717) is 16.8 Å². The summed E-state index contributed by atoms with van der Waals surface area (Å²) in [5.74, 6) is 0.407. The third-order valence-electron chi connectivity index (χ3n) is 3.88. The van der Waals surface area contributed by atoms with Gasteiger partial charge in [-0.3, -0.25) is 9.59 Å². The Balaban J connectivity index is 1.97. The van der Waals surface area contributed by atoms with Crippen molar-refractivity contribution in [2.75, 3.05) is 5.32 Å². The van der Waals surface area contributed by atoms with Gasteiger partial charge < -0.3 is 15.4 Å². The molecule has 2 amide bonds. The molecule has 1 unspecified atom stereocenters. The Kier molecular flexibility index (Phi) is 6.78. The zero-order valence-corrected chi connectivity index (χ0v) is 15.7. The molecule has 0 radical (unpaired) electrons. The summed E-state index contributed by atoms with van der Waals surface area (Å²) >= 11 is 0. The molecule has 138 valence electrons. The molecule has 0 aromatic heterocycles. The van der Waals surface area contributed by atoms with E-state index in [-0.39, 0.29) is 24.0 Å². The van der Waals surface area contributed by atoms with Gasteiger partial charge in [-0.15, -0.1) is 0 Å². The van der Waals surface area contributed by atoms with Crippen LogP contribution in [0.3, 0.4) is 0 Å². The average Bonchev–Trinajstić information content (AvgIpc) is 2.62. The molecular weight excluding hydrogens is 328 g/mol. The lowest BCUT2D eigenvalue weighted by atomic mass is 10.1. The van der Waals surface area contributed by atoms with Crippen LogP contribution in [0.5, 0.6) is 5.75 Å².